The lowest BCUT2D eigenvalue weighted by molar-refractivity contribution is -0.106. The van der Waals surface area contributed by atoms with Gasteiger partial charge in [0.2, 0.25) is 0 Å². The molecule has 4 N–H and O–H groups in total. The maximum atomic E-state index is 6.58. The molecule has 8 nitrogen and oxygen atoms in total. The van der Waals surface area contributed by atoms with E-state index in [4.69, 9.17) is 31.8 Å². The molecular weight excluding hydrogens is 488 g/mol. The molecule has 1 aliphatic carbocycles. The van der Waals surface area contributed by atoms with Gasteiger partial charge in [0.05, 0.1) is 23.9 Å². The summed E-state index contributed by atoms with van der Waals surface area (Å²) in [6.45, 7) is 6.46. The number of anilines is 2. The Hall–Kier alpha value is -1.97. The van der Waals surface area contributed by atoms with E-state index < -0.39 is 0 Å². The van der Waals surface area contributed by atoms with Crippen LogP contribution in [-0.4, -0.2) is 78.6 Å². The van der Waals surface area contributed by atoms with Crippen molar-refractivity contribution in [1.82, 2.24) is 14.9 Å². The highest BCUT2D eigenvalue weighted by Crippen LogP contribution is 2.40. The summed E-state index contributed by atoms with van der Waals surface area (Å²) < 4.78 is 11.0. The third-order valence-electron chi connectivity index (χ3n) is 8.84. The van der Waals surface area contributed by atoms with E-state index in [1.165, 1.54) is 32.4 Å². The third kappa shape index (κ3) is 5.73. The van der Waals surface area contributed by atoms with Gasteiger partial charge in [-0.05, 0) is 69.7 Å². The fourth-order valence-electron chi connectivity index (χ4n) is 6.32. The van der Waals surface area contributed by atoms with Gasteiger partial charge in [-0.25, -0.2) is 9.97 Å². The molecular formula is C28H39ClN6O2. The predicted molar refractivity (Wildman–Crippen MR) is 147 cm³/mol. The summed E-state index contributed by atoms with van der Waals surface area (Å²) in [5.74, 6) is 1.66. The molecule has 0 amide bonds. The Morgan fingerprint density at radius 1 is 1.05 bits per heavy atom. The first-order valence-electron chi connectivity index (χ1n) is 13.8. The molecule has 3 saturated heterocycles. The number of nitrogens with zero attached hydrogens (tertiary/aromatic N) is 3. The summed E-state index contributed by atoms with van der Waals surface area (Å²) in [4.78, 5) is 12.1. The van der Waals surface area contributed by atoms with Crippen LogP contribution in [0.2, 0.25) is 5.02 Å². The van der Waals surface area contributed by atoms with Gasteiger partial charge >= 0.3 is 0 Å². The van der Waals surface area contributed by atoms with Crippen LogP contribution in [0.4, 0.5) is 11.6 Å². The molecule has 0 bridgehead atoms. The average molecular weight is 527 g/mol. The number of rotatable bonds is 7. The highest BCUT2D eigenvalue weighted by molar-refractivity contribution is 6.33. The van der Waals surface area contributed by atoms with E-state index in [1.54, 1.807) is 6.20 Å². The van der Waals surface area contributed by atoms with Crippen LogP contribution >= 0.6 is 11.6 Å². The van der Waals surface area contributed by atoms with Crippen LogP contribution < -0.4 is 16.4 Å². The Labute approximate surface area is 224 Å². The van der Waals surface area contributed by atoms with E-state index >= 15 is 0 Å². The number of hydrogen-bond acceptors (Lipinski definition) is 8. The second-order valence-electron chi connectivity index (χ2n) is 11.6. The predicted octanol–water partition coefficient (Wildman–Crippen LogP) is 4.16. The molecule has 6 rings (SSSR count). The summed E-state index contributed by atoms with van der Waals surface area (Å²) in [5, 5.41) is 7.70. The van der Waals surface area contributed by atoms with Crippen molar-refractivity contribution in [2.75, 3.05) is 56.7 Å². The van der Waals surface area contributed by atoms with Gasteiger partial charge in [-0.2, -0.15) is 0 Å². The average Bonchev–Trinajstić information content (AvgIpc) is 3.37. The van der Waals surface area contributed by atoms with Crippen LogP contribution in [0.5, 0.6) is 0 Å². The normalized spacial score (nSPS) is 27.1. The minimum atomic E-state index is -0.262. The molecule has 9 heteroatoms. The highest BCUT2D eigenvalue weighted by atomic mass is 35.5. The molecule has 4 fully saturated rings. The van der Waals surface area contributed by atoms with Crippen molar-refractivity contribution in [3.63, 3.8) is 0 Å². The van der Waals surface area contributed by atoms with Crippen molar-refractivity contribution in [2.24, 2.45) is 11.1 Å². The van der Waals surface area contributed by atoms with Crippen molar-refractivity contribution in [3.05, 3.63) is 35.5 Å². The fourth-order valence-corrected chi connectivity index (χ4v) is 6.52. The van der Waals surface area contributed by atoms with Gasteiger partial charge in [-0.3, -0.25) is 4.90 Å². The van der Waals surface area contributed by atoms with Crippen LogP contribution in [0, 0.1) is 5.41 Å². The van der Waals surface area contributed by atoms with Crippen LogP contribution in [-0.2, 0) is 9.47 Å². The molecule has 4 aliphatic rings. The van der Waals surface area contributed by atoms with Gasteiger partial charge in [-0.1, -0.05) is 17.7 Å². The zero-order chi connectivity index (χ0) is 25.3. The summed E-state index contributed by atoms with van der Waals surface area (Å²) in [6, 6.07) is 9.14. The van der Waals surface area contributed by atoms with Gasteiger partial charge < -0.3 is 25.8 Å². The maximum absolute atomic E-state index is 6.58. The molecule has 5 heterocycles. The molecule has 0 aromatic carbocycles. The van der Waals surface area contributed by atoms with Crippen molar-refractivity contribution in [2.45, 2.75) is 62.6 Å². The summed E-state index contributed by atoms with van der Waals surface area (Å²) >= 11 is 6.58. The minimum absolute atomic E-state index is 0.262. The number of aromatic nitrogens is 2. The largest absolute Gasteiger partial charge is 0.381 e. The summed E-state index contributed by atoms with van der Waals surface area (Å²) in [7, 11) is 0. The van der Waals surface area contributed by atoms with Gasteiger partial charge in [0.15, 0.2) is 0 Å². The van der Waals surface area contributed by atoms with Crippen molar-refractivity contribution in [3.8, 4) is 11.3 Å². The summed E-state index contributed by atoms with van der Waals surface area (Å²) in [6.07, 6.45) is 9.52. The smallest absolute Gasteiger partial charge is 0.126 e. The fraction of sp³-hybridized carbons (Fsp3) is 0.643. The molecule has 1 spiro atoms. The molecule has 2 aromatic heterocycles. The molecule has 1 saturated carbocycles. The Morgan fingerprint density at radius 3 is 2.59 bits per heavy atom. The first kappa shape index (κ1) is 25.3. The molecule has 3 aliphatic heterocycles. The van der Waals surface area contributed by atoms with Crippen molar-refractivity contribution >= 4 is 23.2 Å². The van der Waals surface area contributed by atoms with Gasteiger partial charge in [-0.15, -0.1) is 0 Å². The van der Waals surface area contributed by atoms with Crippen molar-refractivity contribution < 1.29 is 9.47 Å². The summed E-state index contributed by atoms with van der Waals surface area (Å²) in [5.41, 5.74) is 8.45. The van der Waals surface area contributed by atoms with Crippen molar-refractivity contribution in [1.29, 1.82) is 0 Å². The second-order valence-corrected chi connectivity index (χ2v) is 12.1. The number of pyridine rings is 2. The van der Waals surface area contributed by atoms with Gasteiger partial charge in [0.1, 0.15) is 11.6 Å². The first-order chi connectivity index (χ1) is 18.0. The van der Waals surface area contributed by atoms with E-state index in [9.17, 15) is 0 Å². The number of nitrogens with one attached hydrogen (secondary N) is 2. The number of hydrogen-bond donors (Lipinski definition) is 3. The lowest BCUT2D eigenvalue weighted by Gasteiger charge is -2.40. The number of ether oxygens (including phenoxy) is 2. The third-order valence-corrected chi connectivity index (χ3v) is 9.14. The topological polar surface area (TPSA) is 97.6 Å². The number of nitrogens with two attached hydrogens (primary N) is 1. The molecule has 0 unspecified atom stereocenters. The van der Waals surface area contributed by atoms with Gasteiger partial charge in [0, 0.05) is 61.1 Å². The quantitative estimate of drug-likeness (QED) is 0.495. The zero-order valence-electron chi connectivity index (χ0n) is 21.6. The molecule has 0 atom stereocenters. The zero-order valence-corrected chi connectivity index (χ0v) is 22.3. The highest BCUT2D eigenvalue weighted by Gasteiger charge is 2.46. The number of halogens is 1. The molecule has 0 radical (unpaired) electrons. The molecule has 200 valence electrons. The molecule has 37 heavy (non-hydrogen) atoms. The van der Waals surface area contributed by atoms with Crippen LogP contribution in [0.1, 0.15) is 44.9 Å². The second kappa shape index (κ2) is 10.7. The van der Waals surface area contributed by atoms with Crippen LogP contribution in [0.15, 0.2) is 30.5 Å². The lowest BCUT2D eigenvalue weighted by Crippen LogP contribution is -2.50. The van der Waals surface area contributed by atoms with E-state index in [2.05, 4.69) is 20.5 Å². The van der Waals surface area contributed by atoms with E-state index in [0.717, 1.165) is 61.8 Å². The lowest BCUT2D eigenvalue weighted by atomic mass is 9.85. The van der Waals surface area contributed by atoms with E-state index in [0.29, 0.717) is 42.3 Å². The van der Waals surface area contributed by atoms with E-state index in [-0.39, 0.29) is 5.54 Å². The Morgan fingerprint density at radius 2 is 1.86 bits per heavy atom. The Bertz CT molecular complexity index is 1080. The Kier molecular flexibility index (Phi) is 7.29. The minimum Gasteiger partial charge on any atom is -0.381 e. The first-order valence-corrected chi connectivity index (χ1v) is 14.2. The SMILES string of the molecule is NC1(CNc2cccc(-c3cc(N[C@H]4CC[C@H](N5CCC6(COC6)C5)CC4)ncc3Cl)n2)CCOCC1. The van der Waals surface area contributed by atoms with Gasteiger partial charge in [0.25, 0.3) is 0 Å². The molecule has 2 aromatic rings. The standard InChI is InChI=1S/C28H39ClN6O2/c29-23-15-31-26(33-20-4-6-21(7-5-20)35-11-8-27(17-35)18-37-19-27)14-22(23)24-2-1-3-25(34-24)32-16-28(30)9-12-36-13-10-28/h1-3,14-15,20-21H,4-13,16-19,30H2,(H,31,33)(H,32,34)/t20-,21-. The Balaban J connectivity index is 1.06. The van der Waals surface area contributed by atoms with Crippen LogP contribution in [0.25, 0.3) is 11.3 Å². The maximum Gasteiger partial charge on any atom is 0.126 e. The van der Waals surface area contributed by atoms with Crippen LogP contribution in [0.3, 0.4) is 0 Å². The van der Waals surface area contributed by atoms with E-state index in [1.807, 2.05) is 24.3 Å². The number of likely N-dealkylation sites (tertiary alicyclic amines) is 1. The monoisotopic (exact) mass is 526 g/mol.